The van der Waals surface area contributed by atoms with Gasteiger partial charge in [-0.15, -0.1) is 0 Å². The molecule has 1 heterocycles. The Morgan fingerprint density at radius 1 is 1.21 bits per heavy atom. The second kappa shape index (κ2) is 11.8. The van der Waals surface area contributed by atoms with E-state index in [0.717, 1.165) is 17.3 Å². The average Bonchev–Trinajstić information content (AvgIpc) is 2.83. The van der Waals surface area contributed by atoms with Crippen LogP contribution in [0.1, 0.15) is 45.0 Å². The summed E-state index contributed by atoms with van der Waals surface area (Å²) in [6.45, 7) is 5.95. The van der Waals surface area contributed by atoms with E-state index in [0.29, 0.717) is 46.8 Å². The molecule has 3 aromatic rings. The molecule has 0 aliphatic carbocycles. The first kappa shape index (κ1) is 25.4. The molecule has 1 aromatic heterocycles. The Balaban J connectivity index is 1.99. The van der Waals surface area contributed by atoms with Gasteiger partial charge in [0, 0.05) is 10.9 Å². The van der Waals surface area contributed by atoms with Crippen molar-refractivity contribution < 1.29 is 19.0 Å². The van der Waals surface area contributed by atoms with Crippen molar-refractivity contribution >= 4 is 39.0 Å². The van der Waals surface area contributed by atoms with Crippen molar-refractivity contribution in [3.8, 4) is 11.5 Å². The second-order valence-electron chi connectivity index (χ2n) is 7.58. The van der Waals surface area contributed by atoms with Gasteiger partial charge in [0.2, 0.25) is 0 Å². The molecule has 0 radical (unpaired) electrons. The molecule has 0 bridgehead atoms. The quantitative estimate of drug-likeness (QED) is 0.278. The molecule has 180 valence electrons. The van der Waals surface area contributed by atoms with Gasteiger partial charge < -0.3 is 14.2 Å². The van der Waals surface area contributed by atoms with Crippen LogP contribution in [0, 0.1) is 0 Å². The highest BCUT2D eigenvalue weighted by Gasteiger charge is 2.17. The summed E-state index contributed by atoms with van der Waals surface area (Å²) in [7, 11) is 1.31. The largest absolute Gasteiger partial charge is 0.490 e. The first-order valence-electron chi connectivity index (χ1n) is 11.1. The molecular formula is C25H28BrN3O5. The Hall–Kier alpha value is -3.20. The molecule has 0 saturated heterocycles. The lowest BCUT2D eigenvalue weighted by Gasteiger charge is -2.16. The van der Waals surface area contributed by atoms with Crippen LogP contribution in [0.3, 0.4) is 0 Å². The number of carbonyl (C=O) groups excluding carboxylic acids is 1. The van der Waals surface area contributed by atoms with E-state index < -0.39 is 12.1 Å². The third kappa shape index (κ3) is 6.02. The Morgan fingerprint density at radius 3 is 2.71 bits per heavy atom. The minimum absolute atomic E-state index is 0.231. The molecule has 0 spiro atoms. The van der Waals surface area contributed by atoms with Gasteiger partial charge in [-0.3, -0.25) is 4.79 Å². The van der Waals surface area contributed by atoms with Crippen LogP contribution in [0.25, 0.3) is 10.9 Å². The Kier molecular flexibility index (Phi) is 8.81. The van der Waals surface area contributed by atoms with Gasteiger partial charge in [-0.05, 0) is 62.2 Å². The number of fused-ring (bicyclic) bond motifs is 1. The average molecular weight is 530 g/mol. The smallest absolute Gasteiger partial charge is 0.346 e. The SMILES string of the molecule is CCCCc1nc2ccc(Br)cc2c(=O)n1N=Cc1ccc(O[C@@H](C)C(=O)OC)c(OCC)c1. The fourth-order valence-electron chi connectivity index (χ4n) is 3.31. The third-order valence-electron chi connectivity index (χ3n) is 5.06. The van der Waals surface area contributed by atoms with E-state index in [1.807, 2.05) is 19.1 Å². The van der Waals surface area contributed by atoms with E-state index in [1.54, 1.807) is 37.4 Å². The van der Waals surface area contributed by atoms with Crippen LogP contribution >= 0.6 is 15.9 Å². The predicted octanol–water partition coefficient (Wildman–Crippen LogP) is 4.72. The van der Waals surface area contributed by atoms with E-state index in [1.165, 1.54) is 11.8 Å². The topological polar surface area (TPSA) is 92.0 Å². The number of hydrogen-bond acceptors (Lipinski definition) is 7. The van der Waals surface area contributed by atoms with Gasteiger partial charge in [0.05, 0.1) is 30.8 Å². The van der Waals surface area contributed by atoms with Gasteiger partial charge in [-0.2, -0.15) is 9.78 Å². The van der Waals surface area contributed by atoms with Gasteiger partial charge in [0.25, 0.3) is 5.56 Å². The number of esters is 1. The minimum atomic E-state index is -0.786. The van der Waals surface area contributed by atoms with Crippen LogP contribution in [0.2, 0.25) is 0 Å². The number of hydrogen-bond donors (Lipinski definition) is 0. The zero-order chi connectivity index (χ0) is 24.7. The van der Waals surface area contributed by atoms with Crippen molar-refractivity contribution in [1.29, 1.82) is 0 Å². The van der Waals surface area contributed by atoms with Crippen molar-refractivity contribution in [3.63, 3.8) is 0 Å². The lowest BCUT2D eigenvalue weighted by atomic mass is 10.2. The first-order valence-corrected chi connectivity index (χ1v) is 11.9. The van der Waals surface area contributed by atoms with Gasteiger partial charge in [0.1, 0.15) is 5.82 Å². The molecule has 34 heavy (non-hydrogen) atoms. The highest BCUT2D eigenvalue weighted by Crippen LogP contribution is 2.29. The van der Waals surface area contributed by atoms with E-state index in [-0.39, 0.29) is 5.56 Å². The maximum Gasteiger partial charge on any atom is 0.346 e. The number of carbonyl (C=O) groups is 1. The summed E-state index contributed by atoms with van der Waals surface area (Å²) in [5, 5.41) is 4.96. The number of aromatic nitrogens is 2. The zero-order valence-corrected chi connectivity index (χ0v) is 21.3. The predicted molar refractivity (Wildman–Crippen MR) is 135 cm³/mol. The van der Waals surface area contributed by atoms with Crippen LogP contribution in [0.4, 0.5) is 0 Å². The first-order chi connectivity index (χ1) is 16.4. The highest BCUT2D eigenvalue weighted by atomic mass is 79.9. The number of benzene rings is 2. The molecule has 0 N–H and O–H groups in total. The third-order valence-corrected chi connectivity index (χ3v) is 5.55. The molecule has 2 aromatic carbocycles. The van der Waals surface area contributed by atoms with E-state index >= 15 is 0 Å². The molecule has 0 fully saturated rings. The molecule has 1 atom stereocenters. The lowest BCUT2D eigenvalue weighted by molar-refractivity contribution is -0.147. The monoisotopic (exact) mass is 529 g/mol. The fourth-order valence-corrected chi connectivity index (χ4v) is 3.67. The van der Waals surface area contributed by atoms with Crippen molar-refractivity contribution in [2.24, 2.45) is 5.10 Å². The number of methoxy groups -OCH3 is 1. The molecule has 0 aliphatic rings. The maximum atomic E-state index is 13.2. The van der Waals surface area contributed by atoms with Gasteiger partial charge in [-0.1, -0.05) is 29.3 Å². The molecule has 3 rings (SSSR count). The van der Waals surface area contributed by atoms with Crippen molar-refractivity contribution in [3.05, 3.63) is 62.6 Å². The van der Waals surface area contributed by atoms with Crippen LogP contribution in [-0.2, 0) is 16.0 Å². The minimum Gasteiger partial charge on any atom is -0.490 e. The van der Waals surface area contributed by atoms with E-state index in [2.05, 4.69) is 32.9 Å². The van der Waals surface area contributed by atoms with Gasteiger partial charge in [0.15, 0.2) is 17.6 Å². The molecular weight excluding hydrogens is 502 g/mol. The number of rotatable bonds is 10. The maximum absolute atomic E-state index is 13.2. The number of nitrogens with zero attached hydrogens (tertiary/aromatic N) is 3. The summed E-state index contributed by atoms with van der Waals surface area (Å²) in [4.78, 5) is 29.6. The molecule has 0 unspecified atom stereocenters. The Labute approximate surface area is 206 Å². The van der Waals surface area contributed by atoms with Gasteiger partial charge in [-0.25, -0.2) is 9.78 Å². The van der Waals surface area contributed by atoms with Crippen LogP contribution < -0.4 is 15.0 Å². The summed E-state index contributed by atoms with van der Waals surface area (Å²) >= 11 is 3.42. The molecule has 0 amide bonds. The number of aryl methyl sites for hydroxylation is 1. The summed E-state index contributed by atoms with van der Waals surface area (Å²) in [5.74, 6) is 0.994. The summed E-state index contributed by atoms with van der Waals surface area (Å²) < 4.78 is 18.3. The summed E-state index contributed by atoms with van der Waals surface area (Å²) in [6, 6.07) is 10.7. The standard InChI is InChI=1S/C25H28BrN3O5/c1-5-7-8-23-28-20-11-10-18(26)14-19(20)24(30)29(23)27-15-17-9-12-21(22(13-17)33-6-2)34-16(3)25(31)32-4/h9-16H,5-8H2,1-4H3/t16-/m0/s1. The molecule has 0 saturated carbocycles. The Bertz CT molecular complexity index is 1260. The second-order valence-corrected chi connectivity index (χ2v) is 8.49. The summed E-state index contributed by atoms with van der Waals surface area (Å²) in [5.41, 5.74) is 1.11. The van der Waals surface area contributed by atoms with Crippen molar-refractivity contribution in [2.45, 2.75) is 46.1 Å². The van der Waals surface area contributed by atoms with Crippen LogP contribution in [0.5, 0.6) is 11.5 Å². The van der Waals surface area contributed by atoms with Crippen LogP contribution in [-0.4, -0.2) is 41.7 Å². The number of unbranched alkanes of at least 4 members (excludes halogenated alkanes) is 1. The fraction of sp³-hybridized carbons (Fsp3) is 0.360. The normalized spacial score (nSPS) is 12.1. The molecule has 0 aliphatic heterocycles. The zero-order valence-electron chi connectivity index (χ0n) is 19.7. The van der Waals surface area contributed by atoms with Gasteiger partial charge >= 0.3 is 5.97 Å². The van der Waals surface area contributed by atoms with E-state index in [4.69, 9.17) is 14.2 Å². The van der Waals surface area contributed by atoms with Crippen molar-refractivity contribution in [2.75, 3.05) is 13.7 Å². The highest BCUT2D eigenvalue weighted by molar-refractivity contribution is 9.10. The Morgan fingerprint density at radius 2 is 2.00 bits per heavy atom. The number of ether oxygens (including phenoxy) is 3. The van der Waals surface area contributed by atoms with Crippen molar-refractivity contribution in [1.82, 2.24) is 9.66 Å². The van der Waals surface area contributed by atoms with E-state index in [9.17, 15) is 9.59 Å². The summed E-state index contributed by atoms with van der Waals surface area (Å²) in [6.07, 6.45) is 3.30. The van der Waals surface area contributed by atoms with Crippen LogP contribution in [0.15, 0.2) is 50.8 Å². The molecule has 9 heteroatoms. The molecule has 8 nitrogen and oxygen atoms in total. The lowest BCUT2D eigenvalue weighted by Crippen LogP contribution is -2.25. The number of halogens is 1.